The summed E-state index contributed by atoms with van der Waals surface area (Å²) in [4.78, 5) is 0. The van der Waals surface area contributed by atoms with Crippen molar-refractivity contribution < 1.29 is 9.15 Å². The van der Waals surface area contributed by atoms with E-state index >= 15 is 0 Å². The van der Waals surface area contributed by atoms with Crippen LogP contribution in [-0.4, -0.2) is 13.2 Å². The second-order valence-corrected chi connectivity index (χ2v) is 5.59. The summed E-state index contributed by atoms with van der Waals surface area (Å²) >= 11 is 0. The average molecular weight is 287 g/mol. The quantitative estimate of drug-likeness (QED) is 0.505. The molecule has 2 nitrogen and oxygen atoms in total. The standard InChI is InChI=1S/C19H27O2/c1-2-3-4-7-14-20-15-8-5-6-10-17-11-9-12-18-13-16-21-19(17)18/h9,11-13,16H,1-8,10,14-15H2. The molecular formula is C19H27O2. The van der Waals surface area contributed by atoms with Gasteiger partial charge in [-0.05, 0) is 37.3 Å². The largest absolute Gasteiger partial charge is 0.464 e. The van der Waals surface area contributed by atoms with Crippen LogP contribution in [0.3, 0.4) is 0 Å². The Balaban J connectivity index is 1.53. The second-order valence-electron chi connectivity index (χ2n) is 5.59. The molecule has 0 spiro atoms. The third kappa shape index (κ3) is 5.55. The molecular weight excluding hydrogens is 260 g/mol. The number of fused-ring (bicyclic) bond motifs is 1. The molecule has 0 unspecified atom stereocenters. The predicted molar refractivity (Wildman–Crippen MR) is 88.4 cm³/mol. The summed E-state index contributed by atoms with van der Waals surface area (Å²) in [5, 5.41) is 1.21. The van der Waals surface area contributed by atoms with Crippen molar-refractivity contribution in [2.45, 2.75) is 51.4 Å². The average Bonchev–Trinajstić information content (AvgIpc) is 2.98. The minimum Gasteiger partial charge on any atom is -0.464 e. The van der Waals surface area contributed by atoms with Crippen LogP contribution in [0, 0.1) is 6.92 Å². The van der Waals surface area contributed by atoms with Crippen LogP contribution in [0.2, 0.25) is 0 Å². The smallest absolute Gasteiger partial charge is 0.137 e. The second kappa shape index (κ2) is 9.62. The van der Waals surface area contributed by atoms with Gasteiger partial charge in [0.25, 0.3) is 0 Å². The Morgan fingerprint density at radius 2 is 1.71 bits per heavy atom. The number of furan rings is 1. The first-order valence-electron chi connectivity index (χ1n) is 8.24. The molecule has 1 radical (unpaired) electrons. The number of hydrogen-bond donors (Lipinski definition) is 0. The van der Waals surface area contributed by atoms with Gasteiger partial charge in [0, 0.05) is 18.6 Å². The molecule has 0 amide bonds. The Labute approximate surface area is 128 Å². The predicted octanol–water partition coefficient (Wildman–Crippen LogP) is 5.56. The molecule has 2 heteroatoms. The maximum Gasteiger partial charge on any atom is 0.137 e. The molecule has 0 aliphatic carbocycles. The number of ether oxygens (including phenoxy) is 1. The van der Waals surface area contributed by atoms with Crippen molar-refractivity contribution in [1.29, 1.82) is 0 Å². The summed E-state index contributed by atoms with van der Waals surface area (Å²) in [5.74, 6) is 0. The van der Waals surface area contributed by atoms with Crippen LogP contribution in [-0.2, 0) is 11.2 Å². The normalized spacial score (nSPS) is 11.3. The topological polar surface area (TPSA) is 22.4 Å². The molecule has 0 saturated carbocycles. The van der Waals surface area contributed by atoms with Gasteiger partial charge in [0.15, 0.2) is 0 Å². The van der Waals surface area contributed by atoms with E-state index in [-0.39, 0.29) is 0 Å². The molecule has 115 valence electrons. The number of benzene rings is 1. The summed E-state index contributed by atoms with van der Waals surface area (Å²) in [6, 6.07) is 8.42. The van der Waals surface area contributed by atoms with Crippen LogP contribution < -0.4 is 0 Å². The van der Waals surface area contributed by atoms with Gasteiger partial charge in [-0.2, -0.15) is 0 Å². The fourth-order valence-electron chi connectivity index (χ4n) is 2.61. The molecule has 0 aliphatic heterocycles. The Morgan fingerprint density at radius 1 is 0.905 bits per heavy atom. The zero-order valence-corrected chi connectivity index (χ0v) is 13.0. The number of rotatable bonds is 11. The van der Waals surface area contributed by atoms with E-state index in [0.717, 1.165) is 38.1 Å². The fourth-order valence-corrected chi connectivity index (χ4v) is 2.61. The molecule has 0 bridgehead atoms. The van der Waals surface area contributed by atoms with Crippen LogP contribution in [0.4, 0.5) is 0 Å². The zero-order chi connectivity index (χ0) is 14.8. The van der Waals surface area contributed by atoms with Gasteiger partial charge in [0.1, 0.15) is 5.58 Å². The van der Waals surface area contributed by atoms with Gasteiger partial charge in [-0.25, -0.2) is 0 Å². The minimum atomic E-state index is 0.898. The van der Waals surface area contributed by atoms with Crippen molar-refractivity contribution in [2.75, 3.05) is 13.2 Å². The summed E-state index contributed by atoms with van der Waals surface area (Å²) in [5.41, 5.74) is 2.38. The Bertz CT molecular complexity index is 501. The minimum absolute atomic E-state index is 0.898. The van der Waals surface area contributed by atoms with Crippen LogP contribution in [0.1, 0.15) is 50.5 Å². The van der Waals surface area contributed by atoms with Gasteiger partial charge in [-0.15, -0.1) is 0 Å². The van der Waals surface area contributed by atoms with E-state index < -0.39 is 0 Å². The summed E-state index contributed by atoms with van der Waals surface area (Å²) < 4.78 is 11.2. The first-order chi connectivity index (χ1) is 10.4. The van der Waals surface area contributed by atoms with E-state index in [1.165, 1.54) is 43.1 Å². The Morgan fingerprint density at radius 3 is 2.52 bits per heavy atom. The van der Waals surface area contributed by atoms with Crippen molar-refractivity contribution in [3.05, 3.63) is 43.0 Å². The molecule has 0 atom stereocenters. The monoisotopic (exact) mass is 287 g/mol. The molecule has 21 heavy (non-hydrogen) atoms. The van der Waals surface area contributed by atoms with E-state index in [0.29, 0.717) is 0 Å². The van der Waals surface area contributed by atoms with E-state index in [1.807, 2.05) is 6.07 Å². The van der Waals surface area contributed by atoms with Crippen LogP contribution in [0.15, 0.2) is 34.9 Å². The number of hydrogen-bond acceptors (Lipinski definition) is 2. The summed E-state index contributed by atoms with van der Waals surface area (Å²) in [6.07, 6.45) is 11.1. The Kier molecular flexibility index (Phi) is 7.37. The lowest BCUT2D eigenvalue weighted by Gasteiger charge is -2.05. The highest BCUT2D eigenvalue weighted by Gasteiger charge is 2.03. The fraction of sp³-hybridized carbons (Fsp3) is 0.526. The molecule has 0 N–H and O–H groups in total. The van der Waals surface area contributed by atoms with E-state index in [1.54, 1.807) is 6.26 Å². The van der Waals surface area contributed by atoms with Gasteiger partial charge in [-0.1, -0.05) is 50.8 Å². The van der Waals surface area contributed by atoms with Crippen LogP contribution >= 0.6 is 0 Å². The molecule has 1 heterocycles. The molecule has 2 rings (SSSR count). The SMILES string of the molecule is [CH2]CCCCCOCCCCCc1cccc2ccoc12. The highest BCUT2D eigenvalue weighted by molar-refractivity contribution is 5.80. The van der Waals surface area contributed by atoms with Crippen LogP contribution in [0.5, 0.6) is 0 Å². The number of aryl methyl sites for hydroxylation is 1. The maximum absolute atomic E-state index is 5.65. The molecule has 0 aliphatic rings. The van der Waals surface area contributed by atoms with Gasteiger partial charge in [0.05, 0.1) is 6.26 Å². The molecule has 2 aromatic rings. The van der Waals surface area contributed by atoms with Crippen molar-refractivity contribution in [1.82, 2.24) is 0 Å². The first kappa shape index (κ1) is 16.1. The van der Waals surface area contributed by atoms with Gasteiger partial charge in [-0.3, -0.25) is 0 Å². The number of unbranched alkanes of at least 4 members (excludes halogenated alkanes) is 5. The van der Waals surface area contributed by atoms with Gasteiger partial charge in [0.2, 0.25) is 0 Å². The van der Waals surface area contributed by atoms with Gasteiger partial charge < -0.3 is 9.15 Å². The van der Waals surface area contributed by atoms with Crippen molar-refractivity contribution in [3.8, 4) is 0 Å². The molecule has 0 saturated heterocycles. The van der Waals surface area contributed by atoms with Crippen LogP contribution in [0.25, 0.3) is 11.0 Å². The highest BCUT2D eigenvalue weighted by Crippen LogP contribution is 2.21. The highest BCUT2D eigenvalue weighted by atomic mass is 16.5. The van der Waals surface area contributed by atoms with Crippen molar-refractivity contribution in [3.63, 3.8) is 0 Å². The van der Waals surface area contributed by atoms with E-state index in [4.69, 9.17) is 9.15 Å². The molecule has 1 aromatic carbocycles. The Hall–Kier alpha value is -1.28. The third-order valence-corrected chi connectivity index (χ3v) is 3.83. The summed E-state index contributed by atoms with van der Waals surface area (Å²) in [6.45, 7) is 5.65. The lowest BCUT2D eigenvalue weighted by atomic mass is 10.1. The lowest BCUT2D eigenvalue weighted by molar-refractivity contribution is 0.126. The van der Waals surface area contributed by atoms with Crippen molar-refractivity contribution in [2.24, 2.45) is 0 Å². The zero-order valence-electron chi connectivity index (χ0n) is 13.0. The number of para-hydroxylation sites is 1. The van der Waals surface area contributed by atoms with Crippen molar-refractivity contribution >= 4 is 11.0 Å². The molecule has 0 fully saturated rings. The lowest BCUT2D eigenvalue weighted by Crippen LogP contribution is -1.97. The van der Waals surface area contributed by atoms with E-state index in [2.05, 4.69) is 25.1 Å². The van der Waals surface area contributed by atoms with E-state index in [9.17, 15) is 0 Å². The third-order valence-electron chi connectivity index (χ3n) is 3.83. The molecule has 1 aromatic heterocycles. The summed E-state index contributed by atoms with van der Waals surface area (Å²) in [7, 11) is 0. The van der Waals surface area contributed by atoms with Gasteiger partial charge >= 0.3 is 0 Å². The maximum atomic E-state index is 5.65. The first-order valence-corrected chi connectivity index (χ1v) is 8.24.